The van der Waals surface area contributed by atoms with Crippen LogP contribution in [0.5, 0.6) is 0 Å². The van der Waals surface area contributed by atoms with E-state index in [1.165, 1.54) is 44.9 Å². The van der Waals surface area contributed by atoms with Crippen molar-refractivity contribution in [3.63, 3.8) is 0 Å². The molecule has 0 saturated heterocycles. The quantitative estimate of drug-likeness (QED) is 0.420. The molecule has 0 unspecified atom stereocenters. The third kappa shape index (κ3) is 11.9. The van der Waals surface area contributed by atoms with E-state index in [9.17, 15) is 4.79 Å². The molecule has 0 bridgehead atoms. The van der Waals surface area contributed by atoms with Crippen LogP contribution in [-0.4, -0.2) is 22.6 Å². The minimum atomic E-state index is -0.108. The van der Waals surface area contributed by atoms with E-state index >= 15 is 0 Å². The van der Waals surface area contributed by atoms with Crippen LogP contribution in [0.3, 0.4) is 0 Å². The van der Waals surface area contributed by atoms with E-state index in [0.29, 0.717) is 6.42 Å². The monoisotopic (exact) mass is 226 g/mol. The van der Waals surface area contributed by atoms with Gasteiger partial charge in [0.15, 0.2) is 0 Å². The maximum absolute atomic E-state index is 10.8. The first kappa shape index (κ1) is 15.0. The fraction of sp³-hybridized carbons (Fsp3) is 0.917. The van der Waals surface area contributed by atoms with Crippen molar-refractivity contribution in [2.45, 2.75) is 71.1 Å². The molecule has 0 aromatic rings. The van der Waals surface area contributed by atoms with Gasteiger partial charge in [0.25, 0.3) is 0 Å². The van der Waals surface area contributed by atoms with Crippen molar-refractivity contribution in [1.82, 2.24) is 0 Å². The van der Waals surface area contributed by atoms with Gasteiger partial charge in [-0.25, -0.2) is 0 Å². The van der Waals surface area contributed by atoms with E-state index in [0.717, 1.165) is 12.8 Å². The Kier molecular flexibility index (Phi) is 12.1. The van der Waals surface area contributed by atoms with Crippen LogP contribution < -0.4 is 0 Å². The van der Waals surface area contributed by atoms with Crippen LogP contribution >= 0.6 is 0 Å². The van der Waals surface area contributed by atoms with Crippen molar-refractivity contribution in [2.75, 3.05) is 0 Å². The van der Waals surface area contributed by atoms with Crippen molar-refractivity contribution in [1.29, 1.82) is 0 Å². The molecule has 3 heteroatoms. The Balaban J connectivity index is 2.95. The zero-order valence-electron chi connectivity index (χ0n) is 9.96. The van der Waals surface area contributed by atoms with Gasteiger partial charge < -0.3 is 0 Å². The third-order valence-electron chi connectivity index (χ3n) is 2.62. The standard InChI is InChI=1S/C12H24O2.Al/c1-2-3-4-5-6-7-8-9-10-11-12(13)14;/h2-11H2,1H3,(H,13,14);/q;+3/p-1. The number of carbonyl (C=O) groups excluding carboxylic acids is 1. The molecule has 0 spiro atoms. The molecule has 0 aromatic carbocycles. The summed E-state index contributed by atoms with van der Waals surface area (Å²) in [5, 5.41) is 0. The molecule has 0 N–H and O–H groups in total. The molecule has 0 atom stereocenters. The third-order valence-corrected chi connectivity index (χ3v) is 2.88. The Morgan fingerprint density at radius 3 is 1.87 bits per heavy atom. The number of hydrogen-bond donors (Lipinski definition) is 0. The topological polar surface area (TPSA) is 26.3 Å². The zero-order chi connectivity index (χ0) is 11.4. The second-order valence-electron chi connectivity index (χ2n) is 4.07. The van der Waals surface area contributed by atoms with Crippen LogP contribution in [0.2, 0.25) is 0 Å². The molecule has 0 heterocycles. The maximum atomic E-state index is 10.8. The molecule has 0 rings (SSSR count). The summed E-state index contributed by atoms with van der Waals surface area (Å²) in [5.41, 5.74) is 0. The minimum absolute atomic E-state index is 0.108. The van der Waals surface area contributed by atoms with E-state index in [1.807, 2.05) is 16.6 Å². The SMILES string of the molecule is CCCCCCCCCCCC(=O)[O][Al+2]. The molecule has 0 aliphatic carbocycles. The molecule has 0 radical (unpaired) electrons. The van der Waals surface area contributed by atoms with Crippen molar-refractivity contribution in [2.24, 2.45) is 0 Å². The van der Waals surface area contributed by atoms with Gasteiger partial charge in [-0.1, -0.05) is 6.92 Å². The second-order valence-corrected chi connectivity index (χ2v) is 4.30. The summed E-state index contributed by atoms with van der Waals surface area (Å²) in [7, 11) is 0. The van der Waals surface area contributed by atoms with Gasteiger partial charge in [0.2, 0.25) is 0 Å². The Bertz CT molecular complexity index is 149. The number of rotatable bonds is 10. The fourth-order valence-electron chi connectivity index (χ4n) is 1.64. The number of hydrogen-bond acceptors (Lipinski definition) is 2. The van der Waals surface area contributed by atoms with E-state index in [4.69, 9.17) is 0 Å². The molecule has 0 aromatic heterocycles. The van der Waals surface area contributed by atoms with Crippen molar-refractivity contribution >= 4 is 22.6 Å². The zero-order valence-corrected chi connectivity index (χ0v) is 11.1. The summed E-state index contributed by atoms with van der Waals surface area (Å²) in [4.78, 5) is 10.8. The second kappa shape index (κ2) is 12.1. The van der Waals surface area contributed by atoms with Gasteiger partial charge in [-0.15, -0.1) is 0 Å². The van der Waals surface area contributed by atoms with E-state index < -0.39 is 0 Å². The van der Waals surface area contributed by atoms with Gasteiger partial charge in [0.1, 0.15) is 0 Å². The molecule has 0 aliphatic heterocycles. The first-order valence-corrected chi connectivity index (χ1v) is 6.68. The van der Waals surface area contributed by atoms with Gasteiger partial charge in [-0.2, -0.15) is 0 Å². The van der Waals surface area contributed by atoms with Crippen LogP contribution in [0.15, 0.2) is 0 Å². The molecule has 0 amide bonds. The van der Waals surface area contributed by atoms with Gasteiger partial charge in [0, 0.05) is 0 Å². The Hall–Kier alpha value is 0.00247. The van der Waals surface area contributed by atoms with Gasteiger partial charge in [-0.05, 0) is 0 Å². The predicted molar refractivity (Wildman–Crippen MR) is 63.7 cm³/mol. The molecule has 84 valence electrons. The normalized spacial score (nSPS) is 10.3. The van der Waals surface area contributed by atoms with Crippen LogP contribution in [0.1, 0.15) is 71.1 Å². The van der Waals surface area contributed by atoms with Crippen LogP contribution in [0.4, 0.5) is 0 Å². The first-order chi connectivity index (χ1) is 7.31. The molecular formula is C12H23AlO2+2. The van der Waals surface area contributed by atoms with E-state index in [-0.39, 0.29) is 5.97 Å². The Morgan fingerprint density at radius 2 is 1.40 bits per heavy atom. The summed E-state index contributed by atoms with van der Waals surface area (Å²) in [5.74, 6) is -0.108. The summed E-state index contributed by atoms with van der Waals surface area (Å²) in [6.07, 6.45) is 12.1. The van der Waals surface area contributed by atoms with Gasteiger partial charge in [-0.3, -0.25) is 0 Å². The number of carbonyl (C=O) groups is 1. The van der Waals surface area contributed by atoms with Gasteiger partial charge >= 0.3 is 95.4 Å². The Morgan fingerprint density at radius 1 is 0.933 bits per heavy atom. The molecule has 0 fully saturated rings. The van der Waals surface area contributed by atoms with Crippen LogP contribution in [-0.2, 0) is 8.58 Å². The predicted octanol–water partition coefficient (Wildman–Crippen LogP) is 3.53. The van der Waals surface area contributed by atoms with E-state index in [1.54, 1.807) is 0 Å². The van der Waals surface area contributed by atoms with Crippen LogP contribution in [0.25, 0.3) is 0 Å². The molecular weight excluding hydrogens is 203 g/mol. The number of unbranched alkanes of at least 4 members (excludes halogenated alkanes) is 8. The van der Waals surface area contributed by atoms with Crippen LogP contribution in [0, 0.1) is 0 Å². The molecule has 15 heavy (non-hydrogen) atoms. The molecule has 2 nitrogen and oxygen atoms in total. The van der Waals surface area contributed by atoms with Gasteiger partial charge in [0.05, 0.1) is 0 Å². The van der Waals surface area contributed by atoms with Crippen molar-refractivity contribution in [3.05, 3.63) is 0 Å². The summed E-state index contributed by atoms with van der Waals surface area (Å²) in [6.45, 7) is 2.24. The van der Waals surface area contributed by atoms with Crippen molar-refractivity contribution in [3.8, 4) is 0 Å². The average molecular weight is 226 g/mol. The Labute approximate surface area is 103 Å². The average Bonchev–Trinajstić information content (AvgIpc) is 2.26. The van der Waals surface area contributed by atoms with Crippen molar-refractivity contribution < 1.29 is 8.58 Å². The van der Waals surface area contributed by atoms with E-state index in [2.05, 4.69) is 10.7 Å². The molecule has 0 aliphatic rings. The summed E-state index contributed by atoms with van der Waals surface area (Å²) < 4.78 is 4.50. The summed E-state index contributed by atoms with van der Waals surface area (Å²) >= 11 is 2.00. The fourth-order valence-corrected chi connectivity index (χ4v) is 1.76. The molecule has 0 saturated carbocycles. The first-order valence-electron chi connectivity index (χ1n) is 6.20. The summed E-state index contributed by atoms with van der Waals surface area (Å²) in [6, 6.07) is 0.